The fraction of sp³-hybridized carbons (Fsp3) is 0.130. The van der Waals surface area contributed by atoms with Gasteiger partial charge in [0.1, 0.15) is 5.69 Å². The first-order valence-electron chi connectivity index (χ1n) is 9.89. The van der Waals surface area contributed by atoms with E-state index in [0.717, 1.165) is 5.56 Å². The predicted molar refractivity (Wildman–Crippen MR) is 120 cm³/mol. The summed E-state index contributed by atoms with van der Waals surface area (Å²) >= 11 is 0.309. The minimum atomic E-state index is -4.81. The quantitative estimate of drug-likeness (QED) is 0.384. The number of rotatable bonds is 7. The average molecular weight is 469 g/mol. The van der Waals surface area contributed by atoms with Gasteiger partial charge in [-0.3, -0.25) is 14.3 Å². The van der Waals surface area contributed by atoms with E-state index < -0.39 is 17.3 Å². The number of hydrogen-bond donors (Lipinski definition) is 1. The van der Waals surface area contributed by atoms with Crippen LogP contribution in [-0.4, -0.2) is 37.1 Å². The zero-order valence-corrected chi connectivity index (χ0v) is 17.9. The van der Waals surface area contributed by atoms with Gasteiger partial charge in [-0.05, 0) is 29.8 Å². The number of carbonyl (C=O) groups is 1. The van der Waals surface area contributed by atoms with Crippen molar-refractivity contribution in [3.8, 4) is 11.5 Å². The second-order valence-corrected chi connectivity index (χ2v) is 8.06. The van der Waals surface area contributed by atoms with E-state index in [0.29, 0.717) is 23.3 Å². The number of pyridine rings is 1. The Bertz CT molecular complexity index is 1200. The maximum Gasteiger partial charge on any atom is 0.409 e. The zero-order chi connectivity index (χ0) is 23.3. The van der Waals surface area contributed by atoms with Crippen LogP contribution in [0.2, 0.25) is 0 Å². The summed E-state index contributed by atoms with van der Waals surface area (Å²) in [7, 11) is 0. The van der Waals surface area contributed by atoms with Crippen molar-refractivity contribution in [2.45, 2.75) is 23.1 Å². The number of halogens is 3. The van der Waals surface area contributed by atoms with Crippen molar-refractivity contribution in [2.75, 3.05) is 5.32 Å². The van der Waals surface area contributed by atoms with E-state index in [2.05, 4.69) is 20.5 Å². The highest BCUT2D eigenvalue weighted by molar-refractivity contribution is 8.00. The standard InChI is InChI=1S/C23H18F3N5OS/c24-23(25,26)19(21(32)28-17-11-5-2-6-12-17)33-22-30-29-20(18-13-7-8-14-27-18)31(22)15-16-9-3-1-4-10-16/h1-14,19H,15H2,(H,28,32). The summed E-state index contributed by atoms with van der Waals surface area (Å²) in [6.45, 7) is 0.215. The van der Waals surface area contributed by atoms with Gasteiger partial charge >= 0.3 is 6.18 Å². The Morgan fingerprint density at radius 2 is 1.61 bits per heavy atom. The van der Waals surface area contributed by atoms with Crippen molar-refractivity contribution < 1.29 is 18.0 Å². The monoisotopic (exact) mass is 469 g/mol. The smallest absolute Gasteiger partial charge is 0.325 e. The number of nitrogens with zero attached hydrogens (tertiary/aromatic N) is 4. The van der Waals surface area contributed by atoms with Crippen LogP contribution < -0.4 is 5.32 Å². The molecule has 0 radical (unpaired) electrons. The van der Waals surface area contributed by atoms with Crippen LogP contribution in [0.15, 0.2) is 90.2 Å². The molecule has 0 fully saturated rings. The normalized spacial score (nSPS) is 12.3. The lowest BCUT2D eigenvalue weighted by atomic mass is 10.2. The second kappa shape index (κ2) is 9.86. The summed E-state index contributed by atoms with van der Waals surface area (Å²) in [4.78, 5) is 16.8. The molecule has 4 aromatic rings. The Hall–Kier alpha value is -3.66. The second-order valence-electron chi connectivity index (χ2n) is 6.99. The Labute approximate surface area is 191 Å². The van der Waals surface area contributed by atoms with Crippen molar-refractivity contribution >= 4 is 23.4 Å². The summed E-state index contributed by atoms with van der Waals surface area (Å²) in [5.74, 6) is -0.876. The van der Waals surface area contributed by atoms with E-state index in [1.165, 1.54) is 16.7 Å². The molecule has 0 spiro atoms. The number of aromatic nitrogens is 4. The van der Waals surface area contributed by atoms with Gasteiger partial charge in [-0.15, -0.1) is 10.2 Å². The minimum absolute atomic E-state index is 0.0370. The van der Waals surface area contributed by atoms with Crippen LogP contribution in [0.25, 0.3) is 11.5 Å². The number of anilines is 1. The van der Waals surface area contributed by atoms with Gasteiger partial charge in [0.2, 0.25) is 5.91 Å². The van der Waals surface area contributed by atoms with Gasteiger partial charge in [0.05, 0.1) is 6.54 Å². The first-order valence-corrected chi connectivity index (χ1v) is 10.8. The number of para-hydroxylation sites is 1. The lowest BCUT2D eigenvalue weighted by molar-refractivity contribution is -0.146. The highest BCUT2D eigenvalue weighted by atomic mass is 32.2. The molecule has 0 aliphatic heterocycles. The van der Waals surface area contributed by atoms with E-state index in [-0.39, 0.29) is 17.4 Å². The predicted octanol–water partition coefficient (Wildman–Crippen LogP) is 5.05. The molecule has 0 saturated carbocycles. The molecule has 2 aromatic carbocycles. The summed E-state index contributed by atoms with van der Waals surface area (Å²) in [5.41, 5.74) is 1.58. The van der Waals surface area contributed by atoms with Crippen molar-refractivity contribution in [1.82, 2.24) is 19.7 Å². The molecule has 10 heteroatoms. The Balaban J connectivity index is 1.68. The molecule has 2 aromatic heterocycles. The molecule has 0 aliphatic carbocycles. The van der Waals surface area contributed by atoms with Crippen molar-refractivity contribution in [2.24, 2.45) is 0 Å². The maximum absolute atomic E-state index is 13.9. The summed E-state index contributed by atoms with van der Waals surface area (Å²) in [6, 6.07) is 22.4. The number of benzene rings is 2. The number of alkyl halides is 3. The number of thioether (sulfide) groups is 1. The molecule has 0 bridgehead atoms. The van der Waals surface area contributed by atoms with E-state index in [4.69, 9.17) is 0 Å². The third-order valence-corrected chi connectivity index (χ3v) is 5.82. The molecule has 6 nitrogen and oxygen atoms in total. The Morgan fingerprint density at radius 3 is 2.24 bits per heavy atom. The van der Waals surface area contributed by atoms with Crippen LogP contribution in [0.4, 0.5) is 18.9 Å². The van der Waals surface area contributed by atoms with Crippen LogP contribution in [0, 0.1) is 0 Å². The van der Waals surface area contributed by atoms with Crippen LogP contribution in [-0.2, 0) is 11.3 Å². The fourth-order valence-corrected chi connectivity index (χ4v) is 3.95. The van der Waals surface area contributed by atoms with Gasteiger partial charge in [0, 0.05) is 11.9 Å². The van der Waals surface area contributed by atoms with E-state index >= 15 is 0 Å². The average Bonchev–Trinajstić information content (AvgIpc) is 3.20. The highest BCUT2D eigenvalue weighted by Gasteiger charge is 2.47. The molecule has 0 aliphatic rings. The molecule has 1 unspecified atom stereocenters. The number of nitrogens with one attached hydrogen (secondary N) is 1. The van der Waals surface area contributed by atoms with Crippen molar-refractivity contribution in [1.29, 1.82) is 0 Å². The van der Waals surface area contributed by atoms with Gasteiger partial charge in [0.15, 0.2) is 16.2 Å². The van der Waals surface area contributed by atoms with Crippen molar-refractivity contribution in [3.05, 3.63) is 90.6 Å². The lowest BCUT2D eigenvalue weighted by Crippen LogP contribution is -2.38. The van der Waals surface area contributed by atoms with Gasteiger partial charge in [-0.2, -0.15) is 13.2 Å². The minimum Gasteiger partial charge on any atom is -0.325 e. The number of hydrogen-bond acceptors (Lipinski definition) is 5. The van der Waals surface area contributed by atoms with E-state index in [1.807, 2.05) is 30.3 Å². The van der Waals surface area contributed by atoms with Gasteiger partial charge in [0.25, 0.3) is 0 Å². The number of amides is 1. The summed E-state index contributed by atoms with van der Waals surface area (Å²) in [6.07, 6.45) is -3.24. The lowest BCUT2D eigenvalue weighted by Gasteiger charge is -2.19. The van der Waals surface area contributed by atoms with Crippen molar-refractivity contribution in [3.63, 3.8) is 0 Å². The van der Waals surface area contributed by atoms with Crippen LogP contribution in [0.1, 0.15) is 5.56 Å². The third-order valence-electron chi connectivity index (χ3n) is 4.59. The van der Waals surface area contributed by atoms with Crippen LogP contribution in [0.3, 0.4) is 0 Å². The molecular formula is C23H18F3N5OS. The van der Waals surface area contributed by atoms with E-state index in [9.17, 15) is 18.0 Å². The Morgan fingerprint density at radius 1 is 0.939 bits per heavy atom. The van der Waals surface area contributed by atoms with Crippen LogP contribution >= 0.6 is 11.8 Å². The van der Waals surface area contributed by atoms with Gasteiger partial charge in [-0.25, -0.2) is 0 Å². The van der Waals surface area contributed by atoms with Gasteiger partial charge in [-0.1, -0.05) is 66.4 Å². The molecule has 2 heterocycles. The molecule has 1 N–H and O–H groups in total. The summed E-state index contributed by atoms with van der Waals surface area (Å²) < 4.78 is 43.2. The highest BCUT2D eigenvalue weighted by Crippen LogP contribution is 2.36. The number of carbonyl (C=O) groups excluding carboxylic acids is 1. The molecule has 0 saturated heterocycles. The molecule has 1 atom stereocenters. The largest absolute Gasteiger partial charge is 0.409 e. The maximum atomic E-state index is 13.9. The Kier molecular flexibility index (Phi) is 6.74. The van der Waals surface area contributed by atoms with Gasteiger partial charge < -0.3 is 5.32 Å². The van der Waals surface area contributed by atoms with E-state index in [1.54, 1.807) is 42.6 Å². The zero-order valence-electron chi connectivity index (χ0n) is 17.1. The molecular weight excluding hydrogens is 451 g/mol. The fourth-order valence-electron chi connectivity index (χ4n) is 3.07. The first-order chi connectivity index (χ1) is 15.9. The first kappa shape index (κ1) is 22.5. The third kappa shape index (κ3) is 5.58. The molecule has 1 amide bonds. The molecule has 4 rings (SSSR count). The topological polar surface area (TPSA) is 72.7 Å². The van der Waals surface area contributed by atoms with Crippen LogP contribution in [0.5, 0.6) is 0 Å². The SMILES string of the molecule is O=C(Nc1ccccc1)C(Sc1nnc(-c2ccccn2)n1Cc1ccccc1)C(F)(F)F. The molecule has 168 valence electrons. The molecule has 33 heavy (non-hydrogen) atoms. The summed E-state index contributed by atoms with van der Waals surface area (Å²) in [5, 5.41) is 7.99.